The van der Waals surface area contributed by atoms with Crippen molar-refractivity contribution in [3.05, 3.63) is 69.5 Å². The number of para-hydroxylation sites is 1. The Labute approximate surface area is 177 Å². The molecule has 6 nitrogen and oxygen atoms in total. The molecule has 11 heteroatoms. The van der Waals surface area contributed by atoms with Crippen LogP contribution in [0.3, 0.4) is 0 Å². The minimum atomic E-state index is -3.99. The zero-order valence-corrected chi connectivity index (χ0v) is 18.3. The number of thiophene rings is 1. The summed E-state index contributed by atoms with van der Waals surface area (Å²) >= 11 is 12.7. The summed E-state index contributed by atoms with van der Waals surface area (Å²) in [7, 11) is -7.88. The van der Waals surface area contributed by atoms with Gasteiger partial charge in [-0.2, -0.15) is 0 Å². The number of anilines is 2. The van der Waals surface area contributed by atoms with Crippen molar-refractivity contribution >= 4 is 66.0 Å². The number of benzene rings is 2. The van der Waals surface area contributed by atoms with Crippen LogP contribution >= 0.6 is 34.5 Å². The zero-order valence-electron chi connectivity index (χ0n) is 14.3. The Bertz CT molecular complexity index is 1240. The van der Waals surface area contributed by atoms with Crippen molar-refractivity contribution in [3.63, 3.8) is 0 Å². The predicted molar refractivity (Wildman–Crippen MR) is 114 cm³/mol. The second-order valence-corrected chi connectivity index (χ2v) is 11.4. The lowest BCUT2D eigenvalue weighted by Gasteiger charge is -2.13. The Hall–Kier alpha value is -1.78. The number of hydrogen-bond donors (Lipinski definition) is 2. The molecule has 28 heavy (non-hydrogen) atoms. The number of hydrogen-bond acceptors (Lipinski definition) is 5. The standard InChI is InChI=1S/C17H14Cl2N2O4S3/c1-11-6-7-12(20-28(24,25)17-9-8-16(19)26-17)10-15(11)27(22,23)21-14-5-3-2-4-13(14)18/h2-10,20-21H,1H3. The third-order valence-corrected chi connectivity index (χ3v) is 8.60. The van der Waals surface area contributed by atoms with E-state index in [0.717, 1.165) is 11.3 Å². The van der Waals surface area contributed by atoms with Crippen molar-refractivity contribution in [2.24, 2.45) is 0 Å². The number of sulfonamides is 2. The lowest BCUT2D eigenvalue weighted by Crippen LogP contribution is -2.16. The van der Waals surface area contributed by atoms with Gasteiger partial charge < -0.3 is 0 Å². The van der Waals surface area contributed by atoms with E-state index in [-0.39, 0.29) is 25.5 Å². The first kappa shape index (κ1) is 20.9. The van der Waals surface area contributed by atoms with Crippen molar-refractivity contribution in [3.8, 4) is 0 Å². The van der Waals surface area contributed by atoms with Crippen molar-refractivity contribution in [2.45, 2.75) is 16.0 Å². The Morgan fingerprint density at radius 3 is 2.21 bits per heavy atom. The zero-order chi connectivity index (χ0) is 20.5. The Morgan fingerprint density at radius 1 is 0.857 bits per heavy atom. The molecule has 2 aromatic carbocycles. The van der Waals surface area contributed by atoms with Gasteiger partial charge in [0.25, 0.3) is 20.0 Å². The number of nitrogens with one attached hydrogen (secondary N) is 2. The maximum absolute atomic E-state index is 12.8. The van der Waals surface area contributed by atoms with Gasteiger partial charge in [-0.1, -0.05) is 41.4 Å². The topological polar surface area (TPSA) is 92.3 Å². The van der Waals surface area contributed by atoms with Crippen LogP contribution in [0.1, 0.15) is 5.56 Å². The molecule has 0 amide bonds. The maximum Gasteiger partial charge on any atom is 0.271 e. The lowest BCUT2D eigenvalue weighted by molar-refractivity contribution is 0.599. The molecular formula is C17H14Cl2N2O4S3. The van der Waals surface area contributed by atoms with Crippen LogP contribution < -0.4 is 9.44 Å². The highest BCUT2D eigenvalue weighted by Gasteiger charge is 2.21. The summed E-state index contributed by atoms with van der Waals surface area (Å²) in [6, 6.07) is 13.5. The second kappa shape index (κ2) is 7.92. The molecule has 0 spiro atoms. The fourth-order valence-electron chi connectivity index (χ4n) is 2.34. The van der Waals surface area contributed by atoms with Crippen LogP contribution in [0.4, 0.5) is 11.4 Å². The maximum atomic E-state index is 12.8. The predicted octanol–water partition coefficient (Wildman–Crippen LogP) is 4.96. The minimum Gasteiger partial charge on any atom is -0.279 e. The van der Waals surface area contributed by atoms with Gasteiger partial charge in [-0.15, -0.1) is 11.3 Å². The van der Waals surface area contributed by atoms with Gasteiger partial charge >= 0.3 is 0 Å². The van der Waals surface area contributed by atoms with E-state index >= 15 is 0 Å². The highest BCUT2D eigenvalue weighted by Crippen LogP contribution is 2.30. The van der Waals surface area contributed by atoms with E-state index in [0.29, 0.717) is 9.90 Å². The summed E-state index contributed by atoms with van der Waals surface area (Å²) in [5.41, 5.74) is 0.777. The molecule has 0 bridgehead atoms. The van der Waals surface area contributed by atoms with E-state index < -0.39 is 20.0 Å². The quantitative estimate of drug-likeness (QED) is 0.525. The highest BCUT2D eigenvalue weighted by molar-refractivity contribution is 7.94. The van der Waals surface area contributed by atoms with Gasteiger partial charge in [0.2, 0.25) is 0 Å². The van der Waals surface area contributed by atoms with Crippen LogP contribution in [0, 0.1) is 6.92 Å². The molecule has 0 fully saturated rings. The average molecular weight is 477 g/mol. The number of rotatable bonds is 6. The SMILES string of the molecule is Cc1ccc(NS(=O)(=O)c2ccc(Cl)s2)cc1S(=O)(=O)Nc1ccccc1Cl. The van der Waals surface area contributed by atoms with Gasteiger partial charge in [0.05, 0.1) is 25.6 Å². The van der Waals surface area contributed by atoms with E-state index in [9.17, 15) is 16.8 Å². The summed E-state index contributed by atoms with van der Waals surface area (Å²) in [6.07, 6.45) is 0. The first-order valence-corrected chi connectivity index (χ1v) is 12.3. The van der Waals surface area contributed by atoms with Crippen LogP contribution in [-0.2, 0) is 20.0 Å². The number of halogens is 2. The lowest BCUT2D eigenvalue weighted by atomic mass is 10.2. The van der Waals surface area contributed by atoms with Crippen molar-refractivity contribution in [1.82, 2.24) is 0 Å². The summed E-state index contributed by atoms with van der Waals surface area (Å²) in [6.45, 7) is 1.61. The van der Waals surface area contributed by atoms with E-state index in [2.05, 4.69) is 9.44 Å². The summed E-state index contributed by atoms with van der Waals surface area (Å²) in [5.74, 6) is 0. The molecule has 148 valence electrons. The molecule has 0 atom stereocenters. The van der Waals surface area contributed by atoms with Crippen LogP contribution in [0.25, 0.3) is 0 Å². The molecule has 2 N–H and O–H groups in total. The van der Waals surface area contributed by atoms with Gasteiger partial charge in [0.15, 0.2) is 0 Å². The van der Waals surface area contributed by atoms with Crippen molar-refractivity contribution in [1.29, 1.82) is 0 Å². The Balaban J connectivity index is 1.94. The Morgan fingerprint density at radius 2 is 1.57 bits per heavy atom. The van der Waals surface area contributed by atoms with Crippen LogP contribution in [-0.4, -0.2) is 16.8 Å². The highest BCUT2D eigenvalue weighted by atomic mass is 35.5. The average Bonchev–Trinajstić information content (AvgIpc) is 3.06. The molecule has 0 aliphatic rings. The summed E-state index contributed by atoms with van der Waals surface area (Å²) in [5, 5.41) is 0.246. The molecule has 3 aromatic rings. The Kier molecular flexibility index (Phi) is 5.92. The number of aryl methyl sites for hydroxylation is 1. The third kappa shape index (κ3) is 4.61. The fourth-order valence-corrected chi connectivity index (χ4v) is 6.47. The molecule has 0 saturated heterocycles. The normalized spacial score (nSPS) is 12.0. The summed E-state index contributed by atoms with van der Waals surface area (Å²) in [4.78, 5) is -0.0724. The van der Waals surface area contributed by atoms with Gasteiger partial charge in [0, 0.05) is 0 Å². The molecule has 1 aromatic heterocycles. The van der Waals surface area contributed by atoms with Crippen molar-refractivity contribution in [2.75, 3.05) is 9.44 Å². The van der Waals surface area contributed by atoms with E-state index in [1.807, 2.05) is 0 Å². The minimum absolute atomic E-state index is 0.0247. The molecule has 0 unspecified atom stereocenters. The molecule has 0 aliphatic heterocycles. The first-order chi connectivity index (χ1) is 13.1. The monoisotopic (exact) mass is 476 g/mol. The molecule has 0 radical (unpaired) electrons. The first-order valence-electron chi connectivity index (χ1n) is 7.75. The largest absolute Gasteiger partial charge is 0.279 e. The van der Waals surface area contributed by atoms with Crippen LogP contribution in [0.2, 0.25) is 9.36 Å². The molecule has 3 rings (SSSR count). The van der Waals surface area contributed by atoms with Crippen LogP contribution in [0.15, 0.2) is 63.7 Å². The third-order valence-electron chi connectivity index (χ3n) is 3.66. The van der Waals surface area contributed by atoms with Gasteiger partial charge in [0.1, 0.15) is 4.21 Å². The van der Waals surface area contributed by atoms with Gasteiger partial charge in [-0.3, -0.25) is 9.44 Å². The summed E-state index contributed by atoms with van der Waals surface area (Å²) < 4.78 is 55.7. The molecular weight excluding hydrogens is 463 g/mol. The van der Waals surface area contributed by atoms with Gasteiger partial charge in [-0.25, -0.2) is 16.8 Å². The van der Waals surface area contributed by atoms with E-state index in [1.54, 1.807) is 25.1 Å². The molecule has 0 aliphatic carbocycles. The van der Waals surface area contributed by atoms with E-state index in [4.69, 9.17) is 23.2 Å². The second-order valence-electron chi connectivity index (χ2n) is 5.73. The van der Waals surface area contributed by atoms with Crippen LogP contribution in [0.5, 0.6) is 0 Å². The smallest absolute Gasteiger partial charge is 0.271 e. The molecule has 0 saturated carbocycles. The van der Waals surface area contributed by atoms with Gasteiger partial charge in [-0.05, 0) is 48.9 Å². The van der Waals surface area contributed by atoms with E-state index in [1.165, 1.54) is 36.4 Å². The molecule has 1 heterocycles. The fraction of sp³-hybridized carbons (Fsp3) is 0.0588. The van der Waals surface area contributed by atoms with Crippen molar-refractivity contribution < 1.29 is 16.8 Å².